The molecule has 1 aliphatic carbocycles. The molecule has 3 rings (SSSR count). The SMILES string of the molecule is O=C(NC1CCCCC1O)c1cc2ccc(Br)cc2[nH]1. The first-order chi connectivity index (χ1) is 9.63. The Kier molecular flexibility index (Phi) is 3.81. The van der Waals surface area contributed by atoms with E-state index in [4.69, 9.17) is 0 Å². The Morgan fingerprint density at radius 2 is 2.10 bits per heavy atom. The van der Waals surface area contributed by atoms with Gasteiger partial charge in [-0.15, -0.1) is 0 Å². The van der Waals surface area contributed by atoms with Gasteiger partial charge in [0.2, 0.25) is 0 Å². The Morgan fingerprint density at radius 3 is 2.90 bits per heavy atom. The molecule has 0 spiro atoms. The fourth-order valence-electron chi connectivity index (χ4n) is 2.75. The van der Waals surface area contributed by atoms with Gasteiger partial charge < -0.3 is 15.4 Å². The summed E-state index contributed by atoms with van der Waals surface area (Å²) in [6.45, 7) is 0. The van der Waals surface area contributed by atoms with Crippen LogP contribution in [0.1, 0.15) is 36.2 Å². The van der Waals surface area contributed by atoms with Gasteiger partial charge >= 0.3 is 0 Å². The third kappa shape index (κ3) is 2.74. The number of fused-ring (bicyclic) bond motifs is 1. The number of benzene rings is 1. The molecule has 2 atom stereocenters. The lowest BCUT2D eigenvalue weighted by molar-refractivity contribution is 0.0714. The van der Waals surface area contributed by atoms with Gasteiger partial charge in [0.15, 0.2) is 0 Å². The van der Waals surface area contributed by atoms with Crippen molar-refractivity contribution in [1.82, 2.24) is 10.3 Å². The zero-order chi connectivity index (χ0) is 14.1. The Balaban J connectivity index is 1.78. The number of halogens is 1. The van der Waals surface area contributed by atoms with Crippen molar-refractivity contribution in [3.63, 3.8) is 0 Å². The zero-order valence-electron chi connectivity index (χ0n) is 11.0. The van der Waals surface area contributed by atoms with E-state index in [0.717, 1.165) is 41.1 Å². The third-order valence-corrected chi connectivity index (χ3v) is 4.37. The summed E-state index contributed by atoms with van der Waals surface area (Å²) < 4.78 is 0.974. The number of aliphatic hydroxyl groups excluding tert-OH is 1. The molecule has 0 bridgehead atoms. The fraction of sp³-hybridized carbons (Fsp3) is 0.400. The van der Waals surface area contributed by atoms with Gasteiger partial charge in [-0.3, -0.25) is 4.79 Å². The van der Waals surface area contributed by atoms with Gasteiger partial charge in [-0.05, 0) is 31.0 Å². The Hall–Kier alpha value is -1.33. The predicted octanol–water partition coefficient (Wildman–Crippen LogP) is 2.96. The van der Waals surface area contributed by atoms with E-state index < -0.39 is 6.10 Å². The van der Waals surface area contributed by atoms with Crippen molar-refractivity contribution in [2.45, 2.75) is 37.8 Å². The number of hydrogen-bond acceptors (Lipinski definition) is 2. The summed E-state index contributed by atoms with van der Waals surface area (Å²) in [7, 11) is 0. The number of amides is 1. The highest BCUT2D eigenvalue weighted by Crippen LogP contribution is 2.22. The van der Waals surface area contributed by atoms with Gasteiger partial charge in [0, 0.05) is 15.4 Å². The maximum atomic E-state index is 12.2. The number of rotatable bonds is 2. The minimum absolute atomic E-state index is 0.130. The monoisotopic (exact) mass is 336 g/mol. The molecule has 106 valence electrons. The summed E-state index contributed by atoms with van der Waals surface area (Å²) >= 11 is 3.41. The van der Waals surface area contributed by atoms with Crippen LogP contribution in [0.25, 0.3) is 10.9 Å². The molecule has 0 saturated heterocycles. The molecule has 20 heavy (non-hydrogen) atoms. The van der Waals surface area contributed by atoms with Crippen LogP contribution in [0.4, 0.5) is 0 Å². The maximum Gasteiger partial charge on any atom is 0.268 e. The summed E-state index contributed by atoms with van der Waals surface area (Å²) in [5.41, 5.74) is 1.46. The molecular weight excluding hydrogens is 320 g/mol. The van der Waals surface area contributed by atoms with Gasteiger partial charge in [-0.25, -0.2) is 0 Å². The first-order valence-electron chi connectivity index (χ1n) is 6.91. The van der Waals surface area contributed by atoms with Crippen LogP contribution in [-0.2, 0) is 0 Å². The second kappa shape index (κ2) is 5.58. The first-order valence-corrected chi connectivity index (χ1v) is 7.70. The van der Waals surface area contributed by atoms with E-state index in [0.29, 0.717) is 5.69 Å². The molecule has 1 aromatic heterocycles. The minimum atomic E-state index is -0.425. The van der Waals surface area contributed by atoms with E-state index in [1.54, 1.807) is 0 Å². The maximum absolute atomic E-state index is 12.2. The second-order valence-electron chi connectivity index (χ2n) is 5.35. The minimum Gasteiger partial charge on any atom is -0.391 e. The van der Waals surface area contributed by atoms with Gasteiger partial charge in [0.05, 0.1) is 12.1 Å². The van der Waals surface area contributed by atoms with Crippen LogP contribution < -0.4 is 5.32 Å². The molecule has 1 aromatic carbocycles. The number of nitrogens with one attached hydrogen (secondary N) is 2. The van der Waals surface area contributed by atoms with Gasteiger partial charge in [-0.2, -0.15) is 0 Å². The van der Waals surface area contributed by atoms with Crippen LogP contribution in [0.5, 0.6) is 0 Å². The zero-order valence-corrected chi connectivity index (χ0v) is 12.6. The lowest BCUT2D eigenvalue weighted by Crippen LogP contribution is -2.45. The normalized spacial score (nSPS) is 22.9. The number of hydrogen-bond donors (Lipinski definition) is 3. The molecule has 2 aromatic rings. The topological polar surface area (TPSA) is 65.1 Å². The lowest BCUT2D eigenvalue weighted by Gasteiger charge is -2.28. The highest BCUT2D eigenvalue weighted by molar-refractivity contribution is 9.10. The van der Waals surface area contributed by atoms with Gasteiger partial charge in [0.25, 0.3) is 5.91 Å². The van der Waals surface area contributed by atoms with E-state index in [1.807, 2.05) is 24.3 Å². The molecule has 0 radical (unpaired) electrons. The van der Waals surface area contributed by atoms with Crippen LogP contribution in [0.2, 0.25) is 0 Å². The quantitative estimate of drug-likeness (QED) is 0.789. The van der Waals surface area contributed by atoms with E-state index in [-0.39, 0.29) is 11.9 Å². The average molecular weight is 337 g/mol. The molecule has 1 fully saturated rings. The summed E-state index contributed by atoms with van der Waals surface area (Å²) in [6, 6.07) is 7.56. The summed E-state index contributed by atoms with van der Waals surface area (Å²) in [5, 5.41) is 13.8. The molecule has 1 aliphatic rings. The number of aromatic amines is 1. The van der Waals surface area contributed by atoms with Gasteiger partial charge in [-0.1, -0.05) is 34.8 Å². The predicted molar refractivity (Wildman–Crippen MR) is 81.7 cm³/mol. The van der Waals surface area contributed by atoms with Crippen molar-refractivity contribution in [3.8, 4) is 0 Å². The van der Waals surface area contributed by atoms with E-state index >= 15 is 0 Å². The molecule has 1 saturated carbocycles. The number of aliphatic hydroxyl groups is 1. The van der Waals surface area contributed by atoms with E-state index in [2.05, 4.69) is 26.2 Å². The summed E-state index contributed by atoms with van der Waals surface area (Å²) in [5.74, 6) is -0.150. The third-order valence-electron chi connectivity index (χ3n) is 3.88. The molecule has 1 amide bonds. The summed E-state index contributed by atoms with van der Waals surface area (Å²) in [4.78, 5) is 15.4. The number of H-pyrrole nitrogens is 1. The van der Waals surface area contributed by atoms with Crippen LogP contribution in [-0.4, -0.2) is 28.1 Å². The molecule has 4 nitrogen and oxygen atoms in total. The largest absolute Gasteiger partial charge is 0.391 e. The smallest absolute Gasteiger partial charge is 0.268 e. The van der Waals surface area contributed by atoms with E-state index in [1.165, 1.54) is 0 Å². The number of carbonyl (C=O) groups excluding carboxylic acids is 1. The molecule has 5 heteroatoms. The highest BCUT2D eigenvalue weighted by Gasteiger charge is 2.25. The van der Waals surface area contributed by atoms with Crippen LogP contribution >= 0.6 is 15.9 Å². The van der Waals surface area contributed by atoms with Crippen LogP contribution in [0.15, 0.2) is 28.7 Å². The molecule has 0 aliphatic heterocycles. The average Bonchev–Trinajstić information content (AvgIpc) is 2.84. The molecule has 1 heterocycles. The van der Waals surface area contributed by atoms with Crippen LogP contribution in [0, 0.1) is 0 Å². The van der Waals surface area contributed by atoms with Crippen molar-refractivity contribution in [1.29, 1.82) is 0 Å². The lowest BCUT2D eigenvalue weighted by atomic mass is 9.92. The van der Waals surface area contributed by atoms with Crippen molar-refractivity contribution in [3.05, 3.63) is 34.4 Å². The number of aromatic nitrogens is 1. The molecule has 3 N–H and O–H groups in total. The first kappa shape index (κ1) is 13.6. The Labute approximate surface area is 125 Å². The van der Waals surface area contributed by atoms with Crippen molar-refractivity contribution < 1.29 is 9.90 Å². The van der Waals surface area contributed by atoms with Gasteiger partial charge in [0.1, 0.15) is 5.69 Å². The van der Waals surface area contributed by atoms with Crippen molar-refractivity contribution in [2.75, 3.05) is 0 Å². The van der Waals surface area contributed by atoms with Crippen molar-refractivity contribution >= 4 is 32.7 Å². The van der Waals surface area contributed by atoms with Crippen LogP contribution in [0.3, 0.4) is 0 Å². The van der Waals surface area contributed by atoms with Crippen molar-refractivity contribution in [2.24, 2.45) is 0 Å². The van der Waals surface area contributed by atoms with E-state index in [9.17, 15) is 9.90 Å². The Bertz CT molecular complexity index is 638. The summed E-state index contributed by atoms with van der Waals surface area (Å²) in [6.07, 6.45) is 3.28. The second-order valence-corrected chi connectivity index (χ2v) is 6.26. The molecule has 2 unspecified atom stereocenters. The molecular formula is C15H17BrN2O2. The Morgan fingerprint density at radius 1 is 1.30 bits per heavy atom. The highest BCUT2D eigenvalue weighted by atomic mass is 79.9. The number of carbonyl (C=O) groups is 1. The fourth-order valence-corrected chi connectivity index (χ4v) is 3.11. The standard InChI is InChI=1S/C15H17BrN2O2/c16-10-6-5-9-7-13(17-12(9)8-10)15(20)18-11-3-1-2-4-14(11)19/h5-8,11,14,17,19H,1-4H2,(H,18,20).